The third-order valence-electron chi connectivity index (χ3n) is 4.40. The summed E-state index contributed by atoms with van der Waals surface area (Å²) in [5.74, 6) is -0.637. The number of hydrogen-bond donors (Lipinski definition) is 2. The molecule has 1 aromatic rings. The number of carbonyl (C=O) groups is 2. The highest BCUT2D eigenvalue weighted by molar-refractivity contribution is 5.88. The van der Waals surface area contributed by atoms with Crippen LogP contribution in [-0.4, -0.2) is 67.9 Å². The number of rotatable bonds is 7. The van der Waals surface area contributed by atoms with Crippen LogP contribution in [-0.2, 0) is 22.3 Å². The quantitative estimate of drug-likeness (QED) is 0.736. The van der Waals surface area contributed by atoms with E-state index in [0.717, 1.165) is 6.07 Å². The second-order valence-corrected chi connectivity index (χ2v) is 6.79. The number of benzene rings is 1. The summed E-state index contributed by atoms with van der Waals surface area (Å²) in [5, 5.41) is 5.42. The van der Waals surface area contributed by atoms with Gasteiger partial charge in [0.15, 0.2) is 0 Å². The largest absolute Gasteiger partial charge is 0.416 e. The lowest BCUT2D eigenvalue weighted by molar-refractivity contribution is -0.139. The average Bonchev–Trinajstić information content (AvgIpc) is 2.57. The van der Waals surface area contributed by atoms with Crippen molar-refractivity contribution in [2.75, 3.05) is 40.3 Å². The zero-order valence-electron chi connectivity index (χ0n) is 15.5. The molecule has 0 saturated carbocycles. The van der Waals surface area contributed by atoms with Gasteiger partial charge in [-0.3, -0.25) is 14.5 Å². The Labute approximate surface area is 156 Å². The lowest BCUT2D eigenvalue weighted by atomic mass is 10.0. The van der Waals surface area contributed by atoms with Crippen LogP contribution in [0.3, 0.4) is 0 Å². The molecule has 0 radical (unpaired) electrons. The first kappa shape index (κ1) is 21.2. The molecule has 1 heterocycles. The predicted molar refractivity (Wildman–Crippen MR) is 94.8 cm³/mol. The molecular weight excluding hydrogens is 361 g/mol. The van der Waals surface area contributed by atoms with Crippen LogP contribution in [0, 0.1) is 0 Å². The number of alkyl halides is 3. The summed E-state index contributed by atoms with van der Waals surface area (Å²) < 4.78 is 39.7. The van der Waals surface area contributed by atoms with Crippen molar-refractivity contribution in [2.45, 2.75) is 25.2 Å². The molecular formula is C18H25F3N4O2. The summed E-state index contributed by atoms with van der Waals surface area (Å²) >= 11 is 0. The first-order valence-corrected chi connectivity index (χ1v) is 8.76. The van der Waals surface area contributed by atoms with Gasteiger partial charge in [-0.1, -0.05) is 18.2 Å². The molecule has 1 fully saturated rings. The molecule has 0 spiro atoms. The van der Waals surface area contributed by atoms with Gasteiger partial charge in [0.1, 0.15) is 0 Å². The van der Waals surface area contributed by atoms with Crippen molar-refractivity contribution in [1.29, 1.82) is 0 Å². The second-order valence-electron chi connectivity index (χ2n) is 6.79. The number of amides is 2. The predicted octanol–water partition coefficient (Wildman–Crippen LogP) is 1.07. The molecule has 0 aromatic heterocycles. The van der Waals surface area contributed by atoms with Crippen LogP contribution in [0.15, 0.2) is 24.3 Å². The van der Waals surface area contributed by atoms with E-state index < -0.39 is 17.8 Å². The Kier molecular flexibility index (Phi) is 7.20. The fourth-order valence-corrected chi connectivity index (χ4v) is 2.99. The molecule has 1 atom stereocenters. The third-order valence-corrected chi connectivity index (χ3v) is 4.40. The third kappa shape index (κ3) is 6.21. The maximum atomic E-state index is 13.2. The van der Waals surface area contributed by atoms with E-state index in [-0.39, 0.29) is 30.3 Å². The number of nitrogens with one attached hydrogen (secondary N) is 2. The monoisotopic (exact) mass is 386 g/mol. The summed E-state index contributed by atoms with van der Waals surface area (Å²) in [6.07, 6.45) is -4.55. The molecule has 0 aliphatic carbocycles. The first-order valence-electron chi connectivity index (χ1n) is 8.76. The number of likely N-dealkylation sites (N-methyl/N-ethyl adjacent to an activating group) is 1. The van der Waals surface area contributed by atoms with Crippen molar-refractivity contribution in [3.63, 3.8) is 0 Å². The van der Waals surface area contributed by atoms with Crippen molar-refractivity contribution >= 4 is 11.8 Å². The Bertz CT molecular complexity index is 664. The smallest absolute Gasteiger partial charge is 0.355 e. The van der Waals surface area contributed by atoms with Crippen LogP contribution in [0.5, 0.6) is 0 Å². The van der Waals surface area contributed by atoms with E-state index in [1.165, 1.54) is 18.2 Å². The number of piperazine rings is 1. The normalized spacial score (nSPS) is 18.4. The molecule has 6 nitrogen and oxygen atoms in total. The van der Waals surface area contributed by atoms with Gasteiger partial charge in [-0.2, -0.15) is 13.2 Å². The molecule has 0 unspecified atom stereocenters. The van der Waals surface area contributed by atoms with Gasteiger partial charge >= 0.3 is 6.18 Å². The molecule has 2 amide bonds. The van der Waals surface area contributed by atoms with Crippen LogP contribution < -0.4 is 10.6 Å². The van der Waals surface area contributed by atoms with Gasteiger partial charge in [-0.15, -0.1) is 0 Å². The van der Waals surface area contributed by atoms with Gasteiger partial charge in [0.05, 0.1) is 18.0 Å². The number of hydrogen-bond acceptors (Lipinski definition) is 4. The first-order chi connectivity index (χ1) is 12.7. The number of halogens is 3. The van der Waals surface area contributed by atoms with Crippen molar-refractivity contribution in [3.8, 4) is 0 Å². The van der Waals surface area contributed by atoms with Crippen LogP contribution in [0.25, 0.3) is 0 Å². The standard InChI is InChI=1S/C18H25F3N4O2/c1-24(2)9-7-22-16(26)11-15-17(27)23-8-10-25(15)12-13-5-3-4-6-14(13)18(19,20)21/h3-6,15H,7-12H2,1-2H3,(H,22,26)(H,23,27)/t15-/m1/s1. The Morgan fingerprint density at radius 3 is 2.70 bits per heavy atom. The minimum absolute atomic E-state index is 0.0429. The Morgan fingerprint density at radius 1 is 1.33 bits per heavy atom. The molecule has 150 valence electrons. The summed E-state index contributed by atoms with van der Waals surface area (Å²) in [4.78, 5) is 27.9. The highest BCUT2D eigenvalue weighted by Crippen LogP contribution is 2.32. The number of nitrogens with zero attached hydrogens (tertiary/aromatic N) is 2. The van der Waals surface area contributed by atoms with E-state index in [0.29, 0.717) is 26.2 Å². The van der Waals surface area contributed by atoms with Crippen molar-refractivity contribution in [2.24, 2.45) is 0 Å². The second kappa shape index (κ2) is 9.18. The molecule has 1 aliphatic rings. The topological polar surface area (TPSA) is 64.7 Å². The van der Waals surface area contributed by atoms with E-state index in [1.807, 2.05) is 19.0 Å². The molecule has 1 aliphatic heterocycles. The summed E-state index contributed by atoms with van der Waals surface area (Å²) in [7, 11) is 3.75. The van der Waals surface area contributed by atoms with Crippen molar-refractivity contribution < 1.29 is 22.8 Å². The lowest BCUT2D eigenvalue weighted by Crippen LogP contribution is -2.56. The van der Waals surface area contributed by atoms with Crippen LogP contribution in [0.2, 0.25) is 0 Å². The van der Waals surface area contributed by atoms with E-state index in [9.17, 15) is 22.8 Å². The zero-order chi connectivity index (χ0) is 20.0. The van der Waals surface area contributed by atoms with Gasteiger partial charge < -0.3 is 15.5 Å². The molecule has 0 bridgehead atoms. The maximum Gasteiger partial charge on any atom is 0.416 e. The van der Waals surface area contributed by atoms with Gasteiger partial charge in [0.2, 0.25) is 11.8 Å². The summed E-state index contributed by atoms with van der Waals surface area (Å²) in [5.41, 5.74) is -0.622. The minimum Gasteiger partial charge on any atom is -0.355 e. The lowest BCUT2D eigenvalue weighted by Gasteiger charge is -2.35. The van der Waals surface area contributed by atoms with E-state index in [2.05, 4.69) is 10.6 Å². The Balaban J connectivity index is 2.08. The molecule has 2 N–H and O–H groups in total. The van der Waals surface area contributed by atoms with E-state index in [4.69, 9.17) is 0 Å². The van der Waals surface area contributed by atoms with Gasteiger partial charge in [0.25, 0.3) is 0 Å². The fourth-order valence-electron chi connectivity index (χ4n) is 2.99. The zero-order valence-corrected chi connectivity index (χ0v) is 15.5. The summed E-state index contributed by atoms with van der Waals surface area (Å²) in [6.45, 7) is 1.78. The van der Waals surface area contributed by atoms with Crippen molar-refractivity contribution in [3.05, 3.63) is 35.4 Å². The van der Waals surface area contributed by atoms with Gasteiger partial charge in [-0.05, 0) is 25.7 Å². The Morgan fingerprint density at radius 2 is 2.04 bits per heavy atom. The minimum atomic E-state index is -4.46. The average molecular weight is 386 g/mol. The fraction of sp³-hybridized carbons (Fsp3) is 0.556. The van der Waals surface area contributed by atoms with Crippen LogP contribution >= 0.6 is 0 Å². The highest BCUT2D eigenvalue weighted by atomic mass is 19.4. The van der Waals surface area contributed by atoms with Crippen molar-refractivity contribution in [1.82, 2.24) is 20.4 Å². The molecule has 27 heavy (non-hydrogen) atoms. The molecule has 1 aromatic carbocycles. The van der Waals surface area contributed by atoms with Gasteiger partial charge in [-0.25, -0.2) is 0 Å². The summed E-state index contributed by atoms with van der Waals surface area (Å²) in [6, 6.07) is 4.52. The van der Waals surface area contributed by atoms with Gasteiger partial charge in [0, 0.05) is 32.7 Å². The SMILES string of the molecule is CN(C)CCNC(=O)C[C@@H]1C(=O)NCCN1Cc1ccccc1C(F)(F)F. The van der Waals surface area contributed by atoms with Crippen LogP contribution in [0.1, 0.15) is 17.5 Å². The Hall–Kier alpha value is -2.13. The highest BCUT2D eigenvalue weighted by Gasteiger charge is 2.36. The van der Waals surface area contributed by atoms with E-state index >= 15 is 0 Å². The van der Waals surface area contributed by atoms with Crippen LogP contribution in [0.4, 0.5) is 13.2 Å². The molecule has 9 heteroatoms. The maximum absolute atomic E-state index is 13.2. The molecule has 1 saturated heterocycles. The molecule has 2 rings (SSSR count). The number of carbonyl (C=O) groups excluding carboxylic acids is 2. The van der Waals surface area contributed by atoms with E-state index in [1.54, 1.807) is 4.90 Å².